The monoisotopic (exact) mass is 188 g/mol. The lowest BCUT2D eigenvalue weighted by atomic mass is 10.2. The molecule has 5 nitrogen and oxygen atoms in total. The highest BCUT2D eigenvalue weighted by molar-refractivity contribution is 5.75. The van der Waals surface area contributed by atoms with Crippen LogP contribution < -0.4 is 5.73 Å². The molecule has 2 N–H and O–H groups in total. The molecule has 0 aliphatic carbocycles. The van der Waals surface area contributed by atoms with Crippen molar-refractivity contribution in [3.63, 3.8) is 0 Å². The second-order valence-electron chi connectivity index (χ2n) is 2.92. The number of methoxy groups -OCH3 is 1. The summed E-state index contributed by atoms with van der Waals surface area (Å²) in [6, 6.07) is -0.311. The molecular formula is C8H16N2O3. The number of hydrogen-bond acceptors (Lipinski definition) is 5. The Morgan fingerprint density at radius 3 is 2.69 bits per heavy atom. The van der Waals surface area contributed by atoms with Crippen molar-refractivity contribution in [3.05, 3.63) is 0 Å². The van der Waals surface area contributed by atoms with Crippen molar-refractivity contribution in [1.82, 2.24) is 4.90 Å². The molecule has 5 heteroatoms. The first-order valence-corrected chi connectivity index (χ1v) is 4.39. The highest BCUT2D eigenvalue weighted by Crippen LogP contribution is 2.04. The van der Waals surface area contributed by atoms with Gasteiger partial charge in [0.2, 0.25) is 0 Å². The highest BCUT2D eigenvalue weighted by Gasteiger charge is 2.26. The Kier molecular flexibility index (Phi) is 4.14. The van der Waals surface area contributed by atoms with E-state index in [-0.39, 0.29) is 12.0 Å². The fourth-order valence-corrected chi connectivity index (χ4v) is 1.42. The van der Waals surface area contributed by atoms with Crippen molar-refractivity contribution in [1.29, 1.82) is 0 Å². The van der Waals surface area contributed by atoms with Gasteiger partial charge in [-0.25, -0.2) is 0 Å². The first-order chi connectivity index (χ1) is 6.29. The maximum Gasteiger partial charge on any atom is 0.324 e. The van der Waals surface area contributed by atoms with Gasteiger partial charge in [0.15, 0.2) is 0 Å². The predicted molar refractivity (Wildman–Crippen MR) is 47.3 cm³/mol. The quantitative estimate of drug-likeness (QED) is 0.565. The molecule has 1 rings (SSSR count). The summed E-state index contributed by atoms with van der Waals surface area (Å²) in [5, 5.41) is 0. The molecule has 76 valence electrons. The number of carbonyl (C=O) groups is 1. The summed E-state index contributed by atoms with van der Waals surface area (Å²) >= 11 is 0. The van der Waals surface area contributed by atoms with E-state index in [0.717, 1.165) is 13.1 Å². The Bertz CT molecular complexity index is 169. The van der Waals surface area contributed by atoms with Crippen LogP contribution in [0.25, 0.3) is 0 Å². The summed E-state index contributed by atoms with van der Waals surface area (Å²) in [5.74, 6) is -0.260. The van der Waals surface area contributed by atoms with Crippen molar-refractivity contribution in [3.8, 4) is 0 Å². The number of nitrogens with zero attached hydrogens (tertiary/aromatic N) is 1. The molecule has 0 aromatic carbocycles. The molecular weight excluding hydrogens is 172 g/mol. The van der Waals surface area contributed by atoms with E-state index in [0.29, 0.717) is 19.8 Å². The third-order valence-corrected chi connectivity index (χ3v) is 2.18. The maximum atomic E-state index is 11.3. The van der Waals surface area contributed by atoms with E-state index in [4.69, 9.17) is 10.5 Å². The molecule has 1 fully saturated rings. The molecule has 13 heavy (non-hydrogen) atoms. The molecule has 0 amide bonds. The van der Waals surface area contributed by atoms with Crippen LogP contribution in [0.3, 0.4) is 0 Å². The normalized spacial score (nSPS) is 21.1. The zero-order valence-electron chi connectivity index (χ0n) is 7.86. The van der Waals surface area contributed by atoms with E-state index < -0.39 is 0 Å². The topological polar surface area (TPSA) is 64.8 Å². The van der Waals surface area contributed by atoms with Gasteiger partial charge in [-0.2, -0.15) is 0 Å². The van der Waals surface area contributed by atoms with Gasteiger partial charge in [-0.3, -0.25) is 9.69 Å². The summed E-state index contributed by atoms with van der Waals surface area (Å²) < 4.78 is 9.83. The molecule has 1 atom stereocenters. The number of carbonyl (C=O) groups excluding carboxylic acids is 1. The van der Waals surface area contributed by atoms with E-state index in [1.165, 1.54) is 7.11 Å². The molecule has 0 spiro atoms. The van der Waals surface area contributed by atoms with E-state index in [1.54, 1.807) is 0 Å². The summed E-state index contributed by atoms with van der Waals surface area (Å²) in [6.07, 6.45) is 0. The average molecular weight is 188 g/mol. The number of ether oxygens (including phenoxy) is 2. The van der Waals surface area contributed by atoms with Crippen LogP contribution in [-0.4, -0.2) is 56.9 Å². The van der Waals surface area contributed by atoms with Crippen molar-refractivity contribution < 1.29 is 14.3 Å². The number of esters is 1. The van der Waals surface area contributed by atoms with E-state index in [1.807, 2.05) is 4.90 Å². The van der Waals surface area contributed by atoms with Gasteiger partial charge in [0.1, 0.15) is 6.04 Å². The Labute approximate surface area is 77.8 Å². The van der Waals surface area contributed by atoms with Gasteiger partial charge in [-0.05, 0) is 0 Å². The van der Waals surface area contributed by atoms with E-state index >= 15 is 0 Å². The minimum Gasteiger partial charge on any atom is -0.468 e. The Morgan fingerprint density at radius 2 is 2.23 bits per heavy atom. The summed E-state index contributed by atoms with van der Waals surface area (Å²) in [4.78, 5) is 13.3. The van der Waals surface area contributed by atoms with Crippen LogP contribution >= 0.6 is 0 Å². The Balaban J connectivity index is 2.48. The van der Waals surface area contributed by atoms with Gasteiger partial charge in [0, 0.05) is 19.6 Å². The zero-order valence-corrected chi connectivity index (χ0v) is 7.86. The maximum absolute atomic E-state index is 11.3. The average Bonchev–Trinajstić information content (AvgIpc) is 2.20. The smallest absolute Gasteiger partial charge is 0.324 e. The minimum absolute atomic E-state index is 0.260. The van der Waals surface area contributed by atoms with E-state index in [2.05, 4.69) is 4.74 Å². The fourth-order valence-electron chi connectivity index (χ4n) is 1.42. The first-order valence-electron chi connectivity index (χ1n) is 4.39. The number of rotatable bonds is 3. The predicted octanol–water partition coefficient (Wildman–Crippen LogP) is -1.18. The van der Waals surface area contributed by atoms with Gasteiger partial charge in [-0.15, -0.1) is 0 Å². The van der Waals surface area contributed by atoms with Crippen LogP contribution in [0.1, 0.15) is 0 Å². The molecule has 0 bridgehead atoms. The van der Waals surface area contributed by atoms with E-state index in [9.17, 15) is 4.79 Å². The fraction of sp³-hybridized carbons (Fsp3) is 0.875. The van der Waals surface area contributed by atoms with Crippen LogP contribution in [0.4, 0.5) is 0 Å². The SMILES string of the molecule is COC(=O)C(CN)N1CCOCC1. The summed E-state index contributed by atoms with van der Waals surface area (Å²) in [6.45, 7) is 3.11. The van der Waals surface area contributed by atoms with Crippen molar-refractivity contribution >= 4 is 5.97 Å². The van der Waals surface area contributed by atoms with Gasteiger partial charge < -0.3 is 15.2 Å². The van der Waals surface area contributed by atoms with Crippen LogP contribution in [0.2, 0.25) is 0 Å². The van der Waals surface area contributed by atoms with Crippen molar-refractivity contribution in [2.75, 3.05) is 40.0 Å². The molecule has 0 aromatic rings. The Morgan fingerprint density at radius 1 is 1.62 bits per heavy atom. The second-order valence-corrected chi connectivity index (χ2v) is 2.92. The summed E-state index contributed by atoms with van der Waals surface area (Å²) in [7, 11) is 1.38. The van der Waals surface area contributed by atoms with Gasteiger partial charge in [-0.1, -0.05) is 0 Å². The third-order valence-electron chi connectivity index (χ3n) is 2.18. The standard InChI is InChI=1S/C8H16N2O3/c1-12-8(11)7(6-9)10-2-4-13-5-3-10/h7H,2-6,9H2,1H3. The Hall–Kier alpha value is -0.650. The van der Waals surface area contributed by atoms with Crippen molar-refractivity contribution in [2.24, 2.45) is 5.73 Å². The van der Waals surface area contributed by atoms with Gasteiger partial charge in [0.25, 0.3) is 0 Å². The number of morpholine rings is 1. The second kappa shape index (κ2) is 5.16. The molecule has 1 aliphatic heterocycles. The summed E-state index contributed by atoms with van der Waals surface area (Å²) in [5.41, 5.74) is 5.50. The molecule has 0 radical (unpaired) electrons. The van der Waals surface area contributed by atoms with Crippen LogP contribution in [0.5, 0.6) is 0 Å². The lowest BCUT2D eigenvalue weighted by Crippen LogP contribution is -2.51. The number of hydrogen-bond donors (Lipinski definition) is 1. The zero-order chi connectivity index (χ0) is 9.68. The van der Waals surface area contributed by atoms with Gasteiger partial charge in [0.05, 0.1) is 20.3 Å². The number of nitrogens with two attached hydrogens (primary N) is 1. The lowest BCUT2D eigenvalue weighted by molar-refractivity contribution is -0.148. The van der Waals surface area contributed by atoms with Crippen molar-refractivity contribution in [2.45, 2.75) is 6.04 Å². The van der Waals surface area contributed by atoms with Crippen LogP contribution in [0, 0.1) is 0 Å². The van der Waals surface area contributed by atoms with Crippen LogP contribution in [0.15, 0.2) is 0 Å². The molecule has 1 unspecified atom stereocenters. The lowest BCUT2D eigenvalue weighted by Gasteiger charge is -2.31. The molecule has 0 saturated carbocycles. The highest BCUT2D eigenvalue weighted by atomic mass is 16.5. The minimum atomic E-state index is -0.311. The first kappa shape index (κ1) is 10.4. The molecule has 1 aliphatic rings. The van der Waals surface area contributed by atoms with Gasteiger partial charge >= 0.3 is 5.97 Å². The molecule has 1 saturated heterocycles. The third kappa shape index (κ3) is 2.65. The molecule has 0 aromatic heterocycles. The largest absolute Gasteiger partial charge is 0.468 e. The molecule has 1 heterocycles. The van der Waals surface area contributed by atoms with Crippen LogP contribution in [-0.2, 0) is 14.3 Å².